The van der Waals surface area contributed by atoms with Gasteiger partial charge in [0, 0.05) is 12.6 Å². The summed E-state index contributed by atoms with van der Waals surface area (Å²) < 4.78 is 38.0. The largest absolute Gasteiger partial charge is 0.406 e. The molecule has 110 valence electrons. The first-order valence-corrected chi connectivity index (χ1v) is 6.96. The highest BCUT2D eigenvalue weighted by molar-refractivity contribution is 5.79. The lowest BCUT2D eigenvalue weighted by molar-refractivity contribution is -0.169. The van der Waals surface area contributed by atoms with Crippen molar-refractivity contribution in [3.63, 3.8) is 0 Å². The maximum atomic E-state index is 12.7. The van der Waals surface area contributed by atoms with Crippen LogP contribution in [0.2, 0.25) is 0 Å². The Bertz CT molecular complexity index is 322. The van der Waals surface area contributed by atoms with Gasteiger partial charge < -0.3 is 10.2 Å². The van der Waals surface area contributed by atoms with Crippen molar-refractivity contribution < 1.29 is 18.0 Å². The zero-order valence-electron chi connectivity index (χ0n) is 11.2. The van der Waals surface area contributed by atoms with Crippen LogP contribution in [0.4, 0.5) is 13.2 Å². The van der Waals surface area contributed by atoms with Gasteiger partial charge >= 0.3 is 6.18 Å². The van der Waals surface area contributed by atoms with Crippen LogP contribution < -0.4 is 5.32 Å². The summed E-state index contributed by atoms with van der Waals surface area (Å²) in [7, 11) is 0. The SMILES string of the molecule is CC(C1CC1)N(CC(F)(F)F)C(=O)[C@@H]1CCCNC1. The molecular weight excluding hydrogens is 257 g/mol. The summed E-state index contributed by atoms with van der Waals surface area (Å²) in [4.78, 5) is 13.4. The Morgan fingerprint density at radius 1 is 1.37 bits per heavy atom. The minimum atomic E-state index is -4.32. The molecule has 3 nitrogen and oxygen atoms in total. The van der Waals surface area contributed by atoms with Crippen LogP contribution in [0.3, 0.4) is 0 Å². The van der Waals surface area contributed by atoms with Crippen LogP contribution in [0.1, 0.15) is 32.6 Å². The number of nitrogens with zero attached hydrogens (tertiary/aromatic N) is 1. The lowest BCUT2D eigenvalue weighted by Crippen LogP contribution is -2.50. The number of rotatable bonds is 4. The Morgan fingerprint density at radius 2 is 2.05 bits per heavy atom. The molecule has 2 aliphatic rings. The van der Waals surface area contributed by atoms with Crippen LogP contribution in [-0.4, -0.2) is 42.7 Å². The average Bonchev–Trinajstić information content (AvgIpc) is 3.18. The third kappa shape index (κ3) is 4.09. The second-order valence-corrected chi connectivity index (χ2v) is 5.70. The van der Waals surface area contributed by atoms with Gasteiger partial charge in [0.1, 0.15) is 6.54 Å². The second kappa shape index (κ2) is 5.69. The van der Waals surface area contributed by atoms with Crippen LogP contribution in [0.25, 0.3) is 0 Å². The first-order chi connectivity index (χ1) is 8.88. The summed E-state index contributed by atoms with van der Waals surface area (Å²) in [5, 5.41) is 3.09. The fourth-order valence-corrected chi connectivity index (χ4v) is 2.75. The molecule has 1 saturated heterocycles. The van der Waals surface area contributed by atoms with E-state index in [0.29, 0.717) is 13.0 Å². The summed E-state index contributed by atoms with van der Waals surface area (Å²) in [5.41, 5.74) is 0. The van der Waals surface area contributed by atoms with E-state index in [4.69, 9.17) is 0 Å². The van der Waals surface area contributed by atoms with E-state index in [9.17, 15) is 18.0 Å². The normalized spacial score (nSPS) is 26.0. The molecule has 0 radical (unpaired) electrons. The van der Waals surface area contributed by atoms with Crippen molar-refractivity contribution in [1.82, 2.24) is 10.2 Å². The highest BCUT2D eigenvalue weighted by atomic mass is 19.4. The standard InChI is InChI=1S/C13H21F3N2O/c1-9(10-4-5-10)18(8-13(14,15)16)12(19)11-3-2-6-17-7-11/h9-11,17H,2-8H2,1H3/t9?,11-/m1/s1. The smallest absolute Gasteiger partial charge is 0.330 e. The van der Waals surface area contributed by atoms with Crippen molar-refractivity contribution in [3.05, 3.63) is 0 Å². The second-order valence-electron chi connectivity index (χ2n) is 5.70. The zero-order valence-corrected chi connectivity index (χ0v) is 11.2. The molecule has 0 aromatic rings. The quantitative estimate of drug-likeness (QED) is 0.855. The first kappa shape index (κ1) is 14.6. The number of hydrogen-bond acceptors (Lipinski definition) is 2. The van der Waals surface area contributed by atoms with Gasteiger partial charge in [-0.15, -0.1) is 0 Å². The Hall–Kier alpha value is -0.780. The minimum absolute atomic E-state index is 0.253. The van der Waals surface area contributed by atoms with Crippen LogP contribution in [-0.2, 0) is 4.79 Å². The van der Waals surface area contributed by atoms with Gasteiger partial charge in [0.2, 0.25) is 5.91 Å². The van der Waals surface area contributed by atoms with Gasteiger partial charge in [0.05, 0.1) is 5.92 Å². The maximum absolute atomic E-state index is 12.7. The monoisotopic (exact) mass is 278 g/mol. The molecular formula is C13H21F3N2O. The number of alkyl halides is 3. The topological polar surface area (TPSA) is 32.3 Å². The third-order valence-electron chi connectivity index (χ3n) is 4.07. The molecule has 6 heteroatoms. The lowest BCUT2D eigenvalue weighted by atomic mass is 9.97. The number of halogens is 3. The molecule has 1 N–H and O–H groups in total. The number of carbonyl (C=O) groups is 1. The molecule has 1 amide bonds. The number of carbonyl (C=O) groups excluding carboxylic acids is 1. The van der Waals surface area contributed by atoms with Crippen molar-refractivity contribution >= 4 is 5.91 Å². The molecule has 1 aliphatic heterocycles. The molecule has 2 rings (SSSR count). The Kier molecular flexibility index (Phi) is 4.38. The highest BCUT2D eigenvalue weighted by Crippen LogP contribution is 2.37. The molecule has 2 atom stereocenters. The van der Waals surface area contributed by atoms with Crippen molar-refractivity contribution in [2.24, 2.45) is 11.8 Å². The molecule has 1 heterocycles. The van der Waals surface area contributed by atoms with Gasteiger partial charge in [0.25, 0.3) is 0 Å². The van der Waals surface area contributed by atoms with E-state index in [-0.39, 0.29) is 23.8 Å². The Morgan fingerprint density at radius 3 is 2.53 bits per heavy atom. The summed E-state index contributed by atoms with van der Waals surface area (Å²) in [6.45, 7) is 1.99. The molecule has 0 aromatic heterocycles. The predicted octanol–water partition coefficient (Wildman–Crippen LogP) is 2.18. The Balaban J connectivity index is 2.04. The van der Waals surface area contributed by atoms with Crippen molar-refractivity contribution in [2.75, 3.05) is 19.6 Å². The predicted molar refractivity (Wildman–Crippen MR) is 65.5 cm³/mol. The van der Waals surface area contributed by atoms with Crippen LogP contribution >= 0.6 is 0 Å². The average molecular weight is 278 g/mol. The molecule has 19 heavy (non-hydrogen) atoms. The molecule has 2 fully saturated rings. The van der Waals surface area contributed by atoms with Crippen molar-refractivity contribution in [3.8, 4) is 0 Å². The molecule has 1 saturated carbocycles. The van der Waals surface area contributed by atoms with E-state index in [1.54, 1.807) is 6.92 Å². The fraction of sp³-hybridized carbons (Fsp3) is 0.923. The van der Waals surface area contributed by atoms with Gasteiger partial charge in [-0.25, -0.2) is 0 Å². The van der Waals surface area contributed by atoms with E-state index in [1.807, 2.05) is 0 Å². The number of amides is 1. The number of piperidine rings is 1. The summed E-state index contributed by atoms with van der Waals surface area (Å²) in [6, 6.07) is -0.295. The lowest BCUT2D eigenvalue weighted by Gasteiger charge is -2.34. The highest BCUT2D eigenvalue weighted by Gasteiger charge is 2.42. The van der Waals surface area contributed by atoms with Gasteiger partial charge in [-0.3, -0.25) is 4.79 Å². The Labute approximate surface area is 111 Å². The molecule has 1 unspecified atom stereocenters. The van der Waals surface area contributed by atoms with Gasteiger partial charge in [-0.2, -0.15) is 13.2 Å². The van der Waals surface area contributed by atoms with Crippen LogP contribution in [0.5, 0.6) is 0 Å². The van der Waals surface area contributed by atoms with Gasteiger partial charge in [-0.1, -0.05) is 0 Å². The molecule has 0 aromatic carbocycles. The molecule has 0 bridgehead atoms. The van der Waals surface area contributed by atoms with Crippen LogP contribution in [0, 0.1) is 11.8 Å². The first-order valence-electron chi connectivity index (χ1n) is 6.96. The number of nitrogens with one attached hydrogen (secondary N) is 1. The summed E-state index contributed by atoms with van der Waals surface area (Å²) >= 11 is 0. The zero-order chi connectivity index (χ0) is 14.0. The fourth-order valence-electron chi connectivity index (χ4n) is 2.75. The van der Waals surface area contributed by atoms with Crippen molar-refractivity contribution in [2.45, 2.75) is 44.8 Å². The van der Waals surface area contributed by atoms with E-state index >= 15 is 0 Å². The minimum Gasteiger partial charge on any atom is -0.330 e. The summed E-state index contributed by atoms with van der Waals surface area (Å²) in [5.74, 6) is -0.371. The van der Waals surface area contributed by atoms with Crippen LogP contribution in [0.15, 0.2) is 0 Å². The summed E-state index contributed by atoms with van der Waals surface area (Å²) in [6.07, 6.45) is -0.899. The van der Waals surface area contributed by atoms with E-state index in [2.05, 4.69) is 5.32 Å². The van der Waals surface area contributed by atoms with E-state index < -0.39 is 12.7 Å². The maximum Gasteiger partial charge on any atom is 0.406 e. The number of hydrogen-bond donors (Lipinski definition) is 1. The van der Waals surface area contributed by atoms with E-state index in [0.717, 1.165) is 30.7 Å². The third-order valence-corrected chi connectivity index (χ3v) is 4.07. The van der Waals surface area contributed by atoms with Gasteiger partial charge in [0.15, 0.2) is 0 Å². The molecule has 1 aliphatic carbocycles. The van der Waals surface area contributed by atoms with E-state index in [1.165, 1.54) is 0 Å². The molecule has 0 spiro atoms. The van der Waals surface area contributed by atoms with Gasteiger partial charge in [-0.05, 0) is 45.1 Å². The van der Waals surface area contributed by atoms with Crippen molar-refractivity contribution in [1.29, 1.82) is 0 Å².